The minimum atomic E-state index is -5.56. The van der Waals surface area contributed by atoms with Crippen LogP contribution in [0.15, 0.2) is 0 Å². The Kier molecular flexibility index (Phi) is 7.64. The van der Waals surface area contributed by atoms with Gasteiger partial charge in [0.2, 0.25) is 0 Å². The first-order valence-electron chi connectivity index (χ1n) is 7.26. The number of rotatable bonds is 10. The highest BCUT2D eigenvalue weighted by Crippen LogP contribution is 2.66. The van der Waals surface area contributed by atoms with Gasteiger partial charge in [-0.15, -0.1) is 0 Å². The average molecular weight is 412 g/mol. The Bertz CT molecular complexity index is 571. The Balaban J connectivity index is 2.63. The van der Waals surface area contributed by atoms with Crippen molar-refractivity contribution in [1.82, 2.24) is 0 Å². The minimum Gasteiger partial charge on any atom is -0.379 e. The number of hydrogen-bond donors (Lipinski definition) is 4. The van der Waals surface area contributed by atoms with E-state index < -0.39 is 42.3 Å². The summed E-state index contributed by atoms with van der Waals surface area (Å²) < 4.78 is 62.8. The second-order valence-electron chi connectivity index (χ2n) is 4.68. The van der Waals surface area contributed by atoms with Crippen LogP contribution in [0.4, 0.5) is 0 Å². The molecule has 1 radical (unpaired) electrons. The highest BCUT2D eigenvalue weighted by molar-refractivity contribution is 7.66. The van der Waals surface area contributed by atoms with E-state index in [2.05, 4.69) is 13.1 Å². The molecule has 16 heteroatoms. The maximum absolute atomic E-state index is 11.6. The van der Waals surface area contributed by atoms with Gasteiger partial charge < -0.3 is 29.0 Å². The molecule has 141 valence electrons. The van der Waals surface area contributed by atoms with Crippen molar-refractivity contribution in [3.8, 4) is 0 Å². The van der Waals surface area contributed by atoms with Crippen molar-refractivity contribution in [2.24, 2.45) is 0 Å². The van der Waals surface area contributed by atoms with Crippen LogP contribution in [0.3, 0.4) is 0 Å². The number of methoxy groups -OCH3 is 1. The van der Waals surface area contributed by atoms with Gasteiger partial charge in [0.25, 0.3) is 0 Å². The van der Waals surface area contributed by atoms with E-state index in [1.807, 2.05) is 14.2 Å². The largest absolute Gasteiger partial charge is 0.490 e. The summed E-state index contributed by atoms with van der Waals surface area (Å²) in [7, 11) is -14.8. The lowest BCUT2D eigenvalue weighted by molar-refractivity contribution is -0.0206. The van der Waals surface area contributed by atoms with Gasteiger partial charge in [-0.25, -0.2) is 13.7 Å². The topological polar surface area (TPSA) is 178 Å². The van der Waals surface area contributed by atoms with E-state index in [4.69, 9.17) is 25.5 Å². The summed E-state index contributed by atoms with van der Waals surface area (Å²) in [5.74, 6) is 0. The molecule has 1 fully saturated rings. The first-order valence-corrected chi connectivity index (χ1v) is 11.1. The molecule has 0 spiro atoms. The summed E-state index contributed by atoms with van der Waals surface area (Å²) >= 11 is 0. The van der Waals surface area contributed by atoms with Crippen molar-refractivity contribution in [3.63, 3.8) is 0 Å². The van der Waals surface area contributed by atoms with Crippen molar-refractivity contribution in [3.05, 3.63) is 0 Å². The van der Waals surface area contributed by atoms with Crippen molar-refractivity contribution < 1.29 is 57.3 Å². The molecule has 1 rings (SSSR count). The van der Waals surface area contributed by atoms with Gasteiger partial charge in [0.15, 0.2) is 0 Å². The molecule has 0 saturated carbocycles. The first kappa shape index (κ1) is 20.7. The molecule has 1 aliphatic rings. The van der Waals surface area contributed by atoms with Crippen molar-refractivity contribution in [2.45, 2.75) is 37.9 Å². The molecule has 2 unspecified atom stereocenters. The van der Waals surface area contributed by atoms with Crippen LogP contribution in [0.25, 0.3) is 0 Å². The van der Waals surface area contributed by atoms with E-state index in [1.54, 1.807) is 0 Å². The number of phosphoric ester groups is 1. The molecule has 4 N–H and O–H groups in total. The number of phosphoric acid groups is 3. The molecule has 0 aromatic carbocycles. The summed E-state index contributed by atoms with van der Waals surface area (Å²) in [6.07, 6.45) is -0.390. The lowest BCUT2D eigenvalue weighted by atomic mass is 9.68. The normalized spacial score (nSPS) is 30.4. The van der Waals surface area contributed by atoms with Gasteiger partial charge in [0.1, 0.15) is 13.4 Å². The predicted molar refractivity (Wildman–Crippen MR) is 80.1 cm³/mol. The lowest BCUT2D eigenvalue weighted by Crippen LogP contribution is -2.28. The summed E-state index contributed by atoms with van der Waals surface area (Å²) in [6, 6.07) is -0.323. The van der Waals surface area contributed by atoms with Crippen LogP contribution in [0.1, 0.15) is 14.7 Å². The zero-order valence-electron chi connectivity index (χ0n) is 13.5. The molecule has 1 saturated heterocycles. The quantitative estimate of drug-likeness (QED) is 0.291. The third-order valence-corrected chi connectivity index (χ3v) is 6.56. The molecular weight excluding hydrogens is 392 g/mol. The number of hydrogen-bond acceptors (Lipinski definition) is 8. The van der Waals surface area contributed by atoms with Crippen LogP contribution in [0.5, 0.6) is 0 Å². The molecule has 1 aliphatic heterocycles. The second kappa shape index (κ2) is 8.86. The third-order valence-electron chi connectivity index (χ3n) is 2.76. The van der Waals surface area contributed by atoms with Gasteiger partial charge >= 0.3 is 23.5 Å². The van der Waals surface area contributed by atoms with Crippen LogP contribution in [-0.2, 0) is 36.3 Å². The van der Waals surface area contributed by atoms with Crippen LogP contribution >= 0.6 is 23.5 Å². The molecule has 0 aliphatic carbocycles. The van der Waals surface area contributed by atoms with Crippen LogP contribution in [0.2, 0.25) is 6.32 Å². The molecular formula is C8H19BO12P3. The highest BCUT2D eigenvalue weighted by atomic mass is 31.3. The van der Waals surface area contributed by atoms with Gasteiger partial charge in [0.05, 0.1) is 14.1 Å². The van der Waals surface area contributed by atoms with E-state index >= 15 is 0 Å². The Hall–Kier alpha value is 0.395. The van der Waals surface area contributed by atoms with E-state index in [9.17, 15) is 18.6 Å². The number of ether oxygens (including phenoxy) is 2. The minimum absolute atomic E-state index is 0.323. The lowest BCUT2D eigenvalue weighted by Gasteiger charge is -2.20. The molecule has 1 heterocycles. The fourth-order valence-electron chi connectivity index (χ4n) is 1.96. The fraction of sp³-hybridized carbons (Fsp3) is 1.00. The van der Waals surface area contributed by atoms with E-state index in [0.29, 0.717) is 12.7 Å². The maximum atomic E-state index is 11.6. The first-order chi connectivity index (χ1) is 11.4. The van der Waals surface area contributed by atoms with E-state index in [-0.39, 0.29) is 13.1 Å². The highest BCUT2D eigenvalue weighted by Gasteiger charge is 2.42. The molecule has 0 amide bonds. The molecule has 0 aromatic rings. The van der Waals surface area contributed by atoms with Crippen molar-refractivity contribution in [1.29, 1.82) is 0 Å². The van der Waals surface area contributed by atoms with Gasteiger partial charge in [0, 0.05) is 13.1 Å². The third kappa shape index (κ3) is 8.18. The zero-order valence-corrected chi connectivity index (χ0v) is 15.2. The summed E-state index contributed by atoms with van der Waals surface area (Å²) in [6.45, 7) is 1.28. The van der Waals surface area contributed by atoms with Gasteiger partial charge in [-0.1, -0.05) is 13.2 Å². The molecule has 24 heavy (non-hydrogen) atoms. The van der Waals surface area contributed by atoms with Crippen molar-refractivity contribution >= 4 is 30.7 Å². The standard InChI is InChI=1S/C8H19BO12P3/c1-3-9-8-4-6(17-2)7(19-8)5-18-23(13,14)21-24(15,16)20-22(10,11)12/h6-8H,3-5H2,1-2H3,(H,13,14)(H,15,16)(H2,10,11,12)/t6-,7+,8+/m0/s1/i2D. The monoisotopic (exact) mass is 412 g/mol. The molecule has 0 aromatic heterocycles. The van der Waals surface area contributed by atoms with Crippen LogP contribution in [-0.4, -0.2) is 58.8 Å². The maximum Gasteiger partial charge on any atom is 0.490 e. The SMILES string of the molecule is [2H]CO[C@H]1C[C@H]([B]CC)O[C@@H]1COP(=O)(O)OP(=O)(O)OP(=O)(O)O. The van der Waals surface area contributed by atoms with E-state index in [1.165, 1.54) is 0 Å². The summed E-state index contributed by atoms with van der Waals surface area (Å²) in [5, 5.41) is 0. The average Bonchev–Trinajstić information content (AvgIpc) is 2.75. The molecule has 12 nitrogen and oxygen atoms in total. The molecule has 5 atom stereocenters. The van der Waals surface area contributed by atoms with Gasteiger partial charge in [-0.05, 0) is 6.42 Å². The Labute approximate surface area is 140 Å². The predicted octanol–water partition coefficient (Wildman–Crippen LogP) is 0.602. The zero-order chi connectivity index (χ0) is 19.3. The van der Waals surface area contributed by atoms with Gasteiger partial charge in [-0.3, -0.25) is 4.52 Å². The van der Waals surface area contributed by atoms with Crippen LogP contribution < -0.4 is 0 Å². The fourth-order valence-corrected chi connectivity index (χ4v) is 4.99. The van der Waals surface area contributed by atoms with Crippen LogP contribution in [0, 0.1) is 0 Å². The molecule has 0 bridgehead atoms. The van der Waals surface area contributed by atoms with Gasteiger partial charge in [-0.2, -0.15) is 8.62 Å². The Morgan fingerprint density at radius 3 is 2.42 bits per heavy atom. The summed E-state index contributed by atoms with van der Waals surface area (Å²) in [4.78, 5) is 35.3. The Morgan fingerprint density at radius 1 is 1.21 bits per heavy atom. The Morgan fingerprint density at radius 2 is 1.88 bits per heavy atom. The van der Waals surface area contributed by atoms with Crippen molar-refractivity contribution in [2.75, 3.05) is 13.7 Å². The second-order valence-corrected chi connectivity index (χ2v) is 9.10. The van der Waals surface area contributed by atoms with E-state index in [0.717, 1.165) is 0 Å². The summed E-state index contributed by atoms with van der Waals surface area (Å²) in [5.41, 5.74) is 0. The smallest absolute Gasteiger partial charge is 0.379 e.